The summed E-state index contributed by atoms with van der Waals surface area (Å²) in [6, 6.07) is 32.5. The summed E-state index contributed by atoms with van der Waals surface area (Å²) in [4.78, 5) is 18.4. The molecule has 0 aliphatic carbocycles. The Morgan fingerprint density at radius 1 is 0.955 bits per heavy atom. The molecular weight excluding hydrogens is 660 g/mol. The third-order valence-electron chi connectivity index (χ3n) is 7.07. The maximum absolute atomic E-state index is 13.7. The molecule has 1 N–H and O–H groups in total. The first-order chi connectivity index (χ1) is 21.4. The molecule has 0 bridgehead atoms. The van der Waals surface area contributed by atoms with Crippen molar-refractivity contribution in [2.75, 3.05) is 5.32 Å². The van der Waals surface area contributed by atoms with Crippen molar-refractivity contribution in [3.63, 3.8) is 0 Å². The largest absolute Gasteiger partial charge is 0.489 e. The summed E-state index contributed by atoms with van der Waals surface area (Å²) in [5, 5.41) is 9.37. The summed E-state index contributed by atoms with van der Waals surface area (Å²) >= 11 is 11.4. The van der Waals surface area contributed by atoms with Gasteiger partial charge in [-0.25, -0.2) is 9.48 Å². The van der Waals surface area contributed by atoms with Gasteiger partial charge in [-0.3, -0.25) is 0 Å². The Bertz CT molecular complexity index is 1810. The molecule has 10 heteroatoms. The molecule has 0 radical (unpaired) electrons. The molecule has 0 fully saturated rings. The minimum atomic E-state index is -0.559. The van der Waals surface area contributed by atoms with Gasteiger partial charge in [0.1, 0.15) is 25.0 Å². The molecule has 44 heavy (non-hydrogen) atoms. The molecule has 5 aromatic rings. The van der Waals surface area contributed by atoms with Crippen LogP contribution in [0.1, 0.15) is 35.2 Å². The third-order valence-corrected chi connectivity index (χ3v) is 8.82. The fourth-order valence-electron chi connectivity index (χ4n) is 4.86. The lowest BCUT2D eigenvalue weighted by atomic mass is 9.95. The van der Waals surface area contributed by atoms with Gasteiger partial charge in [0.15, 0.2) is 0 Å². The number of carbonyl (C=O) groups is 1. The molecule has 0 saturated carbocycles. The number of halogens is 2. The van der Waals surface area contributed by atoms with E-state index < -0.39 is 12.0 Å². The van der Waals surface area contributed by atoms with Gasteiger partial charge in [0.05, 0.1) is 5.57 Å². The maximum Gasteiger partial charge on any atom is 0.338 e. The molecule has 0 saturated heterocycles. The van der Waals surface area contributed by atoms with Crippen LogP contribution in [0.4, 0.5) is 5.95 Å². The normalized spacial score (nSPS) is 14.1. The molecule has 0 amide bonds. The summed E-state index contributed by atoms with van der Waals surface area (Å²) in [7, 11) is 0. The Morgan fingerprint density at radius 3 is 2.48 bits per heavy atom. The summed E-state index contributed by atoms with van der Waals surface area (Å²) in [5.41, 5.74) is 4.92. The fourth-order valence-corrected chi connectivity index (χ4v) is 6.42. The zero-order valence-electron chi connectivity index (χ0n) is 23.7. The van der Waals surface area contributed by atoms with E-state index in [-0.39, 0.29) is 6.61 Å². The molecule has 222 valence electrons. The van der Waals surface area contributed by atoms with E-state index in [1.165, 1.54) is 11.8 Å². The van der Waals surface area contributed by atoms with Crippen LogP contribution in [0.5, 0.6) is 5.75 Å². The van der Waals surface area contributed by atoms with Crippen molar-refractivity contribution in [2.24, 2.45) is 0 Å². The molecule has 1 atom stereocenters. The maximum atomic E-state index is 13.7. The van der Waals surface area contributed by atoms with Crippen LogP contribution >= 0.6 is 39.3 Å². The lowest BCUT2D eigenvalue weighted by Gasteiger charge is -2.28. The predicted molar refractivity (Wildman–Crippen MR) is 177 cm³/mol. The van der Waals surface area contributed by atoms with Crippen LogP contribution < -0.4 is 10.1 Å². The van der Waals surface area contributed by atoms with Crippen LogP contribution in [0.15, 0.2) is 124 Å². The summed E-state index contributed by atoms with van der Waals surface area (Å²) in [6.45, 7) is 2.45. The summed E-state index contributed by atoms with van der Waals surface area (Å²) in [5.74, 6) is 1.44. The fraction of sp³-hybridized carbons (Fsp3) is 0.147. The number of hydrogen-bond donors (Lipinski definition) is 1. The molecule has 1 aliphatic rings. The Hall–Kier alpha value is -4.05. The highest BCUT2D eigenvalue weighted by molar-refractivity contribution is 9.10. The second kappa shape index (κ2) is 13.7. The standard InChI is InChI=1S/C34H28BrClN4O3S/c1-22-30(32(41)43-19-23-8-3-2-4-9-23)31(25-14-16-28(17-15-25)42-20-24-10-7-12-27(35)18-24)40-33(37-22)38-34(39-40)44-21-26-11-5-6-13-29(26)36/h2-18,31H,19-21H2,1H3,(H,37,38,39). The number of hydrogen-bond acceptors (Lipinski definition) is 7. The highest BCUT2D eigenvalue weighted by atomic mass is 79.9. The van der Waals surface area contributed by atoms with Gasteiger partial charge in [-0.2, -0.15) is 4.98 Å². The van der Waals surface area contributed by atoms with Gasteiger partial charge in [-0.15, -0.1) is 5.10 Å². The van der Waals surface area contributed by atoms with Gasteiger partial charge in [-0.1, -0.05) is 112 Å². The van der Waals surface area contributed by atoms with E-state index in [0.29, 0.717) is 45.5 Å². The number of ether oxygens (including phenoxy) is 2. The minimum absolute atomic E-state index is 0.161. The lowest BCUT2D eigenvalue weighted by Crippen LogP contribution is -2.29. The van der Waals surface area contributed by atoms with E-state index in [1.54, 1.807) is 4.68 Å². The molecule has 7 nitrogen and oxygen atoms in total. The molecular formula is C34H28BrClN4O3S. The zero-order valence-corrected chi connectivity index (χ0v) is 26.9. The highest BCUT2D eigenvalue weighted by Gasteiger charge is 2.35. The van der Waals surface area contributed by atoms with E-state index in [9.17, 15) is 4.79 Å². The van der Waals surface area contributed by atoms with Crippen molar-refractivity contribution < 1.29 is 14.3 Å². The first kappa shape index (κ1) is 30.0. The first-order valence-electron chi connectivity index (χ1n) is 13.9. The van der Waals surface area contributed by atoms with E-state index in [0.717, 1.165) is 26.7 Å². The van der Waals surface area contributed by atoms with Gasteiger partial charge in [0, 0.05) is 20.9 Å². The number of anilines is 1. The van der Waals surface area contributed by atoms with Crippen molar-refractivity contribution >= 4 is 51.2 Å². The van der Waals surface area contributed by atoms with E-state index in [4.69, 9.17) is 31.2 Å². The molecule has 1 aromatic heterocycles. The molecule has 6 rings (SSSR count). The van der Waals surface area contributed by atoms with Crippen molar-refractivity contribution in [3.05, 3.63) is 146 Å². The third kappa shape index (κ3) is 7.01. The number of esters is 1. The smallest absolute Gasteiger partial charge is 0.338 e. The van der Waals surface area contributed by atoms with Gasteiger partial charge < -0.3 is 14.8 Å². The van der Waals surface area contributed by atoms with Gasteiger partial charge >= 0.3 is 5.97 Å². The number of aromatic nitrogens is 3. The van der Waals surface area contributed by atoms with Crippen LogP contribution in [0, 0.1) is 0 Å². The number of benzene rings is 4. The average molecular weight is 688 g/mol. The highest BCUT2D eigenvalue weighted by Crippen LogP contribution is 2.38. The van der Waals surface area contributed by atoms with Crippen LogP contribution in [0.3, 0.4) is 0 Å². The van der Waals surface area contributed by atoms with Gasteiger partial charge in [0.25, 0.3) is 0 Å². The zero-order chi connectivity index (χ0) is 30.5. The van der Waals surface area contributed by atoms with E-state index >= 15 is 0 Å². The molecule has 0 spiro atoms. The van der Waals surface area contributed by atoms with Crippen molar-refractivity contribution in [1.29, 1.82) is 0 Å². The van der Waals surface area contributed by atoms with E-state index in [1.807, 2.05) is 110 Å². The number of nitrogens with one attached hydrogen (secondary N) is 1. The van der Waals surface area contributed by atoms with E-state index in [2.05, 4.69) is 21.2 Å². The number of fused-ring (bicyclic) bond motifs is 1. The monoisotopic (exact) mass is 686 g/mol. The topological polar surface area (TPSA) is 78.3 Å². The Balaban J connectivity index is 1.27. The average Bonchev–Trinajstić information content (AvgIpc) is 3.45. The van der Waals surface area contributed by atoms with Crippen molar-refractivity contribution in [2.45, 2.75) is 37.1 Å². The number of rotatable bonds is 10. The lowest BCUT2D eigenvalue weighted by molar-refractivity contribution is -0.140. The molecule has 4 aromatic carbocycles. The number of carbonyl (C=O) groups excluding carboxylic acids is 1. The molecule has 1 unspecified atom stereocenters. The van der Waals surface area contributed by atoms with Crippen LogP contribution in [-0.4, -0.2) is 20.7 Å². The first-order valence-corrected chi connectivity index (χ1v) is 16.1. The number of nitrogens with zero attached hydrogens (tertiary/aromatic N) is 3. The van der Waals surface area contributed by atoms with Crippen molar-refractivity contribution in [1.82, 2.24) is 14.8 Å². The van der Waals surface area contributed by atoms with Gasteiger partial charge in [-0.05, 0) is 59.5 Å². The van der Waals surface area contributed by atoms with Crippen molar-refractivity contribution in [3.8, 4) is 5.75 Å². The Labute approximate surface area is 273 Å². The SMILES string of the molecule is CC1=C(C(=O)OCc2ccccc2)C(c2ccc(OCc3cccc(Br)c3)cc2)n2nc(SCc3ccccc3Cl)nc2N1. The second-order valence-corrected chi connectivity index (χ2v) is 12.4. The number of allylic oxidation sites excluding steroid dienone is 1. The van der Waals surface area contributed by atoms with Crippen LogP contribution in [0.25, 0.3) is 0 Å². The summed E-state index contributed by atoms with van der Waals surface area (Å²) in [6.07, 6.45) is 0. The summed E-state index contributed by atoms with van der Waals surface area (Å²) < 4.78 is 14.6. The van der Waals surface area contributed by atoms with Crippen LogP contribution in [-0.2, 0) is 28.5 Å². The van der Waals surface area contributed by atoms with Gasteiger partial charge in [0.2, 0.25) is 11.1 Å². The second-order valence-electron chi connectivity index (χ2n) is 10.2. The number of thioether (sulfide) groups is 1. The minimum Gasteiger partial charge on any atom is -0.489 e. The quantitative estimate of drug-likeness (QED) is 0.116. The van der Waals surface area contributed by atoms with Crippen LogP contribution in [0.2, 0.25) is 5.02 Å². The Kier molecular flexibility index (Phi) is 9.35. The molecule has 1 aliphatic heterocycles. The Morgan fingerprint density at radius 2 is 1.70 bits per heavy atom. The molecule has 2 heterocycles. The predicted octanol–water partition coefficient (Wildman–Crippen LogP) is 8.60.